The van der Waals surface area contributed by atoms with Gasteiger partial charge in [-0.15, -0.1) is 0 Å². The van der Waals surface area contributed by atoms with Crippen molar-refractivity contribution < 1.29 is 0 Å². The lowest BCUT2D eigenvalue weighted by molar-refractivity contribution is 0.773. The highest BCUT2D eigenvalue weighted by Crippen LogP contribution is 2.25. The van der Waals surface area contributed by atoms with Gasteiger partial charge in [0.05, 0.1) is 11.6 Å². The summed E-state index contributed by atoms with van der Waals surface area (Å²) in [6.07, 6.45) is 0. The molecule has 0 fully saturated rings. The van der Waals surface area contributed by atoms with Crippen LogP contribution in [-0.2, 0) is 0 Å². The van der Waals surface area contributed by atoms with E-state index in [1.165, 1.54) is 0 Å². The van der Waals surface area contributed by atoms with Gasteiger partial charge in [-0.1, -0.05) is 19.9 Å². The van der Waals surface area contributed by atoms with E-state index in [1.54, 1.807) is 6.07 Å². The molecule has 1 aromatic heterocycles. The van der Waals surface area contributed by atoms with Crippen LogP contribution in [0.5, 0.6) is 0 Å². The molecule has 1 heterocycles. The Hall–Kier alpha value is -2.61. The Bertz CT molecular complexity index is 673. The molecule has 0 spiro atoms. The largest absolute Gasteiger partial charge is 0.373 e. The minimum Gasteiger partial charge on any atom is -0.373 e. The van der Waals surface area contributed by atoms with Crippen molar-refractivity contribution in [1.29, 1.82) is 5.26 Å². The quantitative estimate of drug-likeness (QED) is 0.931. The Labute approximate surface area is 125 Å². The molecule has 0 radical (unpaired) electrons. The fourth-order valence-corrected chi connectivity index (χ4v) is 1.93. The van der Waals surface area contributed by atoms with Crippen LogP contribution in [0.25, 0.3) is 0 Å². The Kier molecular flexibility index (Phi) is 4.39. The molecule has 108 valence electrons. The van der Waals surface area contributed by atoms with Gasteiger partial charge in [-0.2, -0.15) is 5.26 Å². The second-order valence-electron chi connectivity index (χ2n) is 5.10. The first-order valence-corrected chi connectivity index (χ1v) is 6.85. The van der Waals surface area contributed by atoms with Crippen molar-refractivity contribution in [2.45, 2.75) is 19.8 Å². The van der Waals surface area contributed by atoms with E-state index in [0.29, 0.717) is 5.56 Å². The number of benzene rings is 1. The number of anilines is 3. The SMILES string of the molecule is CNc1cc(N(C)c2cccc(C#N)c2)nc(C(C)C)n1. The van der Waals surface area contributed by atoms with Crippen LogP contribution in [-0.4, -0.2) is 24.1 Å². The summed E-state index contributed by atoms with van der Waals surface area (Å²) in [7, 11) is 3.77. The Balaban J connectivity index is 2.44. The first-order valence-electron chi connectivity index (χ1n) is 6.85. The summed E-state index contributed by atoms with van der Waals surface area (Å²) >= 11 is 0. The molecule has 1 N–H and O–H groups in total. The average Bonchev–Trinajstić information content (AvgIpc) is 2.53. The van der Waals surface area contributed by atoms with Crippen molar-refractivity contribution >= 4 is 17.3 Å². The molecule has 5 heteroatoms. The van der Waals surface area contributed by atoms with Gasteiger partial charge in [0.15, 0.2) is 0 Å². The summed E-state index contributed by atoms with van der Waals surface area (Å²) in [4.78, 5) is 11.0. The van der Waals surface area contributed by atoms with Gasteiger partial charge in [-0.3, -0.25) is 0 Å². The summed E-state index contributed by atoms with van der Waals surface area (Å²) in [5.41, 5.74) is 1.55. The fraction of sp³-hybridized carbons (Fsp3) is 0.312. The zero-order valence-electron chi connectivity index (χ0n) is 12.8. The Morgan fingerprint density at radius 1 is 1.24 bits per heavy atom. The fourth-order valence-electron chi connectivity index (χ4n) is 1.93. The van der Waals surface area contributed by atoms with Crippen molar-refractivity contribution in [3.63, 3.8) is 0 Å². The van der Waals surface area contributed by atoms with E-state index in [4.69, 9.17) is 5.26 Å². The molecule has 2 rings (SSSR count). The van der Waals surface area contributed by atoms with Crippen LogP contribution in [0.15, 0.2) is 30.3 Å². The van der Waals surface area contributed by atoms with Gasteiger partial charge in [0.1, 0.15) is 17.5 Å². The van der Waals surface area contributed by atoms with Crippen LogP contribution < -0.4 is 10.2 Å². The highest BCUT2D eigenvalue weighted by Gasteiger charge is 2.12. The predicted molar refractivity (Wildman–Crippen MR) is 84.9 cm³/mol. The minimum absolute atomic E-state index is 0.246. The molecule has 21 heavy (non-hydrogen) atoms. The third-order valence-electron chi connectivity index (χ3n) is 3.21. The van der Waals surface area contributed by atoms with Crippen molar-refractivity contribution in [2.24, 2.45) is 0 Å². The number of rotatable bonds is 4. The number of nitrogens with one attached hydrogen (secondary N) is 1. The third-order valence-corrected chi connectivity index (χ3v) is 3.21. The summed E-state index contributed by atoms with van der Waals surface area (Å²) in [6.45, 7) is 4.13. The zero-order valence-corrected chi connectivity index (χ0v) is 12.8. The summed E-state index contributed by atoms with van der Waals surface area (Å²) in [5, 5.41) is 12.1. The van der Waals surface area contributed by atoms with Crippen molar-refractivity contribution in [1.82, 2.24) is 9.97 Å². The van der Waals surface area contributed by atoms with Gasteiger partial charge in [0, 0.05) is 31.8 Å². The minimum atomic E-state index is 0.246. The number of nitrogens with zero attached hydrogens (tertiary/aromatic N) is 4. The lowest BCUT2D eigenvalue weighted by Gasteiger charge is -2.20. The third kappa shape index (κ3) is 3.29. The van der Waals surface area contributed by atoms with E-state index in [1.807, 2.05) is 43.3 Å². The number of hydrogen-bond acceptors (Lipinski definition) is 5. The van der Waals surface area contributed by atoms with Gasteiger partial charge >= 0.3 is 0 Å². The van der Waals surface area contributed by atoms with E-state index in [-0.39, 0.29) is 5.92 Å². The highest BCUT2D eigenvalue weighted by molar-refractivity contribution is 5.63. The molecule has 0 amide bonds. The van der Waals surface area contributed by atoms with Crippen LogP contribution >= 0.6 is 0 Å². The second-order valence-corrected chi connectivity index (χ2v) is 5.10. The molecule has 1 aromatic carbocycles. The maximum absolute atomic E-state index is 9.01. The molecule has 2 aromatic rings. The topological polar surface area (TPSA) is 64.8 Å². The maximum atomic E-state index is 9.01. The summed E-state index contributed by atoms with van der Waals surface area (Å²) in [5.74, 6) is 2.62. The molecule has 0 saturated heterocycles. The standard InChI is InChI=1S/C16H19N5/c1-11(2)16-19-14(18-3)9-15(20-16)21(4)13-7-5-6-12(8-13)10-17/h5-9,11H,1-4H3,(H,18,19,20). The van der Waals surface area contributed by atoms with E-state index in [9.17, 15) is 0 Å². The second kappa shape index (κ2) is 6.23. The zero-order chi connectivity index (χ0) is 15.4. The molecule has 0 aliphatic carbocycles. The highest BCUT2D eigenvalue weighted by atomic mass is 15.2. The van der Waals surface area contributed by atoms with Crippen molar-refractivity contribution in [3.8, 4) is 6.07 Å². The molecule has 5 nitrogen and oxygen atoms in total. The molecule has 0 bridgehead atoms. The molecular formula is C16H19N5. The van der Waals surface area contributed by atoms with Gasteiger partial charge in [-0.05, 0) is 18.2 Å². The smallest absolute Gasteiger partial charge is 0.138 e. The van der Waals surface area contributed by atoms with Crippen molar-refractivity contribution in [2.75, 3.05) is 24.3 Å². The van der Waals surface area contributed by atoms with Crippen molar-refractivity contribution in [3.05, 3.63) is 41.7 Å². The molecular weight excluding hydrogens is 262 g/mol. The van der Waals surface area contributed by atoms with Gasteiger partial charge in [0.2, 0.25) is 0 Å². The number of nitriles is 1. The lowest BCUT2D eigenvalue weighted by Crippen LogP contribution is -2.14. The number of hydrogen-bond donors (Lipinski definition) is 1. The van der Waals surface area contributed by atoms with E-state index in [0.717, 1.165) is 23.1 Å². The first-order chi connectivity index (χ1) is 10.0. The first kappa shape index (κ1) is 14.8. The van der Waals surface area contributed by atoms with Gasteiger partial charge < -0.3 is 10.2 Å². The van der Waals surface area contributed by atoms with Gasteiger partial charge in [0.25, 0.3) is 0 Å². The van der Waals surface area contributed by atoms with E-state index in [2.05, 4.69) is 35.2 Å². The molecule has 0 unspecified atom stereocenters. The summed E-state index contributed by atoms with van der Waals surface area (Å²) < 4.78 is 0. The normalized spacial score (nSPS) is 10.3. The van der Waals surface area contributed by atoms with Crippen LogP contribution in [0.4, 0.5) is 17.3 Å². The van der Waals surface area contributed by atoms with Crippen LogP contribution in [0.1, 0.15) is 31.2 Å². The van der Waals surface area contributed by atoms with Crippen LogP contribution in [0, 0.1) is 11.3 Å². The van der Waals surface area contributed by atoms with Crippen LogP contribution in [0.3, 0.4) is 0 Å². The average molecular weight is 281 g/mol. The number of aromatic nitrogens is 2. The molecule has 0 saturated carbocycles. The maximum Gasteiger partial charge on any atom is 0.138 e. The molecule has 0 aliphatic rings. The predicted octanol–water partition coefficient (Wildman–Crippen LogP) is 3.28. The monoisotopic (exact) mass is 281 g/mol. The lowest BCUT2D eigenvalue weighted by atomic mass is 10.2. The molecule has 0 atom stereocenters. The van der Waals surface area contributed by atoms with Gasteiger partial charge in [-0.25, -0.2) is 9.97 Å². The Morgan fingerprint density at radius 3 is 2.62 bits per heavy atom. The van der Waals surface area contributed by atoms with Crippen LogP contribution in [0.2, 0.25) is 0 Å². The van der Waals surface area contributed by atoms with E-state index >= 15 is 0 Å². The molecule has 0 aliphatic heterocycles. The Morgan fingerprint density at radius 2 is 2.00 bits per heavy atom. The summed E-state index contributed by atoms with van der Waals surface area (Å²) in [6, 6.07) is 11.5. The van der Waals surface area contributed by atoms with E-state index < -0.39 is 0 Å².